The molecule has 0 fully saturated rings. The number of hydrogen-bond acceptors (Lipinski definition) is 3. The molecule has 0 aliphatic carbocycles. The van der Waals surface area contributed by atoms with Gasteiger partial charge in [0.15, 0.2) is 0 Å². The van der Waals surface area contributed by atoms with Crippen LogP contribution in [0.2, 0.25) is 0 Å². The molecule has 1 aromatic carbocycles. The van der Waals surface area contributed by atoms with Gasteiger partial charge in [-0.25, -0.2) is 0 Å². The van der Waals surface area contributed by atoms with Gasteiger partial charge in [0.2, 0.25) is 0 Å². The van der Waals surface area contributed by atoms with Crippen molar-refractivity contribution in [2.75, 3.05) is 23.3 Å². The highest BCUT2D eigenvalue weighted by molar-refractivity contribution is 9.10. The largest absolute Gasteiger partial charge is 0.370 e. The molecular formula is C18H22BrN3O. The Labute approximate surface area is 146 Å². The Balaban J connectivity index is 2.16. The van der Waals surface area contributed by atoms with Gasteiger partial charge in [-0.15, -0.1) is 0 Å². The van der Waals surface area contributed by atoms with Crippen molar-refractivity contribution in [3.8, 4) is 0 Å². The Kier molecular flexibility index (Phi) is 6.59. The van der Waals surface area contributed by atoms with Crippen LogP contribution in [0.5, 0.6) is 0 Å². The van der Waals surface area contributed by atoms with E-state index in [-0.39, 0.29) is 5.91 Å². The molecule has 0 aliphatic rings. The van der Waals surface area contributed by atoms with Gasteiger partial charge in [-0.3, -0.25) is 9.78 Å². The van der Waals surface area contributed by atoms with Crippen LogP contribution in [0.4, 0.5) is 11.4 Å². The van der Waals surface area contributed by atoms with E-state index in [0.29, 0.717) is 5.56 Å². The third kappa shape index (κ3) is 5.06. The van der Waals surface area contributed by atoms with Crippen molar-refractivity contribution in [1.82, 2.24) is 4.98 Å². The Morgan fingerprint density at radius 2 is 1.91 bits per heavy atom. The summed E-state index contributed by atoms with van der Waals surface area (Å²) in [7, 11) is 0. The fraction of sp³-hybridized carbons (Fsp3) is 0.333. The van der Waals surface area contributed by atoms with E-state index in [9.17, 15) is 4.79 Å². The number of halogens is 1. The molecule has 1 heterocycles. The summed E-state index contributed by atoms with van der Waals surface area (Å²) in [6, 6.07) is 9.45. The van der Waals surface area contributed by atoms with E-state index in [0.717, 1.165) is 41.8 Å². The van der Waals surface area contributed by atoms with Gasteiger partial charge in [0.1, 0.15) is 0 Å². The van der Waals surface area contributed by atoms with E-state index in [2.05, 4.69) is 45.0 Å². The van der Waals surface area contributed by atoms with Crippen LogP contribution in [0, 0.1) is 0 Å². The third-order valence-corrected chi connectivity index (χ3v) is 3.91. The molecule has 0 atom stereocenters. The van der Waals surface area contributed by atoms with Crippen molar-refractivity contribution in [3.63, 3.8) is 0 Å². The number of benzene rings is 1. The molecule has 0 bridgehead atoms. The van der Waals surface area contributed by atoms with Crippen molar-refractivity contribution in [2.45, 2.75) is 26.7 Å². The number of carbonyl (C=O) groups excluding carboxylic acids is 1. The first-order valence-corrected chi connectivity index (χ1v) is 8.70. The summed E-state index contributed by atoms with van der Waals surface area (Å²) >= 11 is 3.40. The molecule has 0 aliphatic heterocycles. The molecule has 2 rings (SSSR count). The molecule has 0 radical (unpaired) electrons. The average Bonchev–Trinajstić information content (AvgIpc) is 2.55. The number of amides is 1. The van der Waals surface area contributed by atoms with Gasteiger partial charge in [0.05, 0.1) is 17.4 Å². The number of anilines is 2. The van der Waals surface area contributed by atoms with Crippen LogP contribution >= 0.6 is 15.9 Å². The minimum atomic E-state index is -0.148. The molecule has 0 unspecified atom stereocenters. The maximum absolute atomic E-state index is 12.4. The standard InChI is InChI=1S/C18H22BrN3O/c1-3-8-22(9-4-2)17-10-14(12-20-13-17)18(23)21-16-7-5-6-15(19)11-16/h5-7,10-13H,3-4,8-9H2,1-2H3,(H,21,23). The Bertz CT molecular complexity index is 654. The molecule has 0 spiro atoms. The molecule has 4 nitrogen and oxygen atoms in total. The summed E-state index contributed by atoms with van der Waals surface area (Å²) < 4.78 is 0.930. The van der Waals surface area contributed by atoms with E-state index in [1.54, 1.807) is 6.20 Å². The minimum absolute atomic E-state index is 0.148. The van der Waals surface area contributed by atoms with Crippen molar-refractivity contribution < 1.29 is 4.79 Å². The van der Waals surface area contributed by atoms with Crippen LogP contribution in [-0.2, 0) is 0 Å². The molecule has 5 heteroatoms. The normalized spacial score (nSPS) is 10.4. The number of carbonyl (C=O) groups is 1. The lowest BCUT2D eigenvalue weighted by atomic mass is 10.2. The van der Waals surface area contributed by atoms with Crippen molar-refractivity contribution in [1.29, 1.82) is 0 Å². The number of rotatable bonds is 7. The van der Waals surface area contributed by atoms with Crippen LogP contribution in [0.15, 0.2) is 47.2 Å². The van der Waals surface area contributed by atoms with Crippen LogP contribution in [-0.4, -0.2) is 24.0 Å². The maximum atomic E-state index is 12.4. The highest BCUT2D eigenvalue weighted by Crippen LogP contribution is 2.19. The molecule has 1 aromatic heterocycles. The van der Waals surface area contributed by atoms with Gasteiger partial charge < -0.3 is 10.2 Å². The topological polar surface area (TPSA) is 45.2 Å². The van der Waals surface area contributed by atoms with Crippen molar-refractivity contribution >= 4 is 33.2 Å². The Hall–Kier alpha value is -1.88. The van der Waals surface area contributed by atoms with Crippen molar-refractivity contribution in [2.24, 2.45) is 0 Å². The lowest BCUT2D eigenvalue weighted by Gasteiger charge is -2.23. The van der Waals surface area contributed by atoms with E-state index < -0.39 is 0 Å². The fourth-order valence-corrected chi connectivity index (χ4v) is 2.80. The number of pyridine rings is 1. The minimum Gasteiger partial charge on any atom is -0.370 e. The molecule has 1 amide bonds. The van der Waals surface area contributed by atoms with Crippen LogP contribution < -0.4 is 10.2 Å². The molecule has 1 N–H and O–H groups in total. The van der Waals surface area contributed by atoms with Gasteiger partial charge in [0, 0.05) is 29.4 Å². The summed E-state index contributed by atoms with van der Waals surface area (Å²) in [6.07, 6.45) is 5.55. The highest BCUT2D eigenvalue weighted by atomic mass is 79.9. The zero-order chi connectivity index (χ0) is 16.7. The first-order valence-electron chi connectivity index (χ1n) is 7.91. The van der Waals surface area contributed by atoms with E-state index in [4.69, 9.17) is 0 Å². The highest BCUT2D eigenvalue weighted by Gasteiger charge is 2.11. The summed E-state index contributed by atoms with van der Waals surface area (Å²) in [5.41, 5.74) is 2.32. The quantitative estimate of drug-likeness (QED) is 0.760. The molecular weight excluding hydrogens is 354 g/mol. The SMILES string of the molecule is CCCN(CCC)c1cncc(C(=O)Nc2cccc(Br)c2)c1. The van der Waals surface area contributed by atoms with Gasteiger partial charge in [-0.1, -0.05) is 35.8 Å². The second kappa shape index (κ2) is 8.67. The van der Waals surface area contributed by atoms with Gasteiger partial charge in [-0.05, 0) is 37.1 Å². The molecule has 0 saturated carbocycles. The lowest BCUT2D eigenvalue weighted by molar-refractivity contribution is 0.102. The van der Waals surface area contributed by atoms with Gasteiger partial charge >= 0.3 is 0 Å². The van der Waals surface area contributed by atoms with Gasteiger partial charge in [-0.2, -0.15) is 0 Å². The first kappa shape index (κ1) is 17.5. The van der Waals surface area contributed by atoms with Gasteiger partial charge in [0.25, 0.3) is 5.91 Å². The first-order chi connectivity index (χ1) is 11.1. The number of hydrogen-bond donors (Lipinski definition) is 1. The lowest BCUT2D eigenvalue weighted by Crippen LogP contribution is -2.25. The van der Waals surface area contributed by atoms with Crippen molar-refractivity contribution in [3.05, 3.63) is 52.8 Å². The zero-order valence-electron chi connectivity index (χ0n) is 13.6. The monoisotopic (exact) mass is 375 g/mol. The molecule has 23 heavy (non-hydrogen) atoms. The predicted octanol–water partition coefficient (Wildman–Crippen LogP) is 4.72. The predicted molar refractivity (Wildman–Crippen MR) is 99.1 cm³/mol. The summed E-state index contributed by atoms with van der Waals surface area (Å²) in [6.45, 7) is 6.23. The fourth-order valence-electron chi connectivity index (χ4n) is 2.40. The molecule has 0 saturated heterocycles. The second-order valence-corrected chi connectivity index (χ2v) is 6.30. The smallest absolute Gasteiger partial charge is 0.257 e. The number of nitrogens with zero attached hydrogens (tertiary/aromatic N) is 2. The summed E-state index contributed by atoms with van der Waals surface area (Å²) in [4.78, 5) is 18.9. The maximum Gasteiger partial charge on any atom is 0.257 e. The molecule has 122 valence electrons. The third-order valence-electron chi connectivity index (χ3n) is 3.42. The molecule has 2 aromatic rings. The average molecular weight is 376 g/mol. The van der Waals surface area contributed by atoms with E-state index in [1.165, 1.54) is 0 Å². The van der Waals surface area contributed by atoms with Crippen LogP contribution in [0.1, 0.15) is 37.0 Å². The number of nitrogens with one attached hydrogen (secondary N) is 1. The zero-order valence-corrected chi connectivity index (χ0v) is 15.1. The van der Waals surface area contributed by atoms with Crippen LogP contribution in [0.3, 0.4) is 0 Å². The summed E-state index contributed by atoms with van der Waals surface area (Å²) in [5, 5.41) is 2.90. The Morgan fingerprint density at radius 3 is 2.57 bits per heavy atom. The second-order valence-electron chi connectivity index (χ2n) is 5.38. The van der Waals surface area contributed by atoms with Crippen LogP contribution in [0.25, 0.3) is 0 Å². The van der Waals surface area contributed by atoms with E-state index in [1.807, 2.05) is 36.5 Å². The number of aromatic nitrogens is 1. The summed E-state index contributed by atoms with van der Waals surface area (Å²) in [5.74, 6) is -0.148. The van der Waals surface area contributed by atoms with E-state index >= 15 is 0 Å². The Morgan fingerprint density at radius 1 is 1.17 bits per heavy atom.